The normalized spacial score (nSPS) is 20.8. The third kappa shape index (κ3) is 2.30. The van der Waals surface area contributed by atoms with E-state index in [0.717, 1.165) is 24.1 Å². The Morgan fingerprint density at radius 2 is 2.05 bits per heavy atom. The van der Waals surface area contributed by atoms with E-state index in [-0.39, 0.29) is 5.54 Å². The number of carbonyl (C=O) groups is 1. The van der Waals surface area contributed by atoms with E-state index in [1.54, 1.807) is 7.11 Å². The maximum absolute atomic E-state index is 11.1. The van der Waals surface area contributed by atoms with E-state index in [1.807, 2.05) is 12.1 Å². The van der Waals surface area contributed by atoms with Gasteiger partial charge in [-0.15, -0.1) is 0 Å². The number of aldehydes is 1. The number of hydrogen-bond donors (Lipinski definition) is 0. The average Bonchev–Trinajstić information content (AvgIpc) is 2.36. The fraction of sp³-hybridized carbons (Fsp3) is 0.588. The molecule has 0 N–H and O–H groups in total. The lowest BCUT2D eigenvalue weighted by Gasteiger charge is -2.50. The summed E-state index contributed by atoms with van der Waals surface area (Å²) in [5.74, 6) is 1.22. The number of nitrogens with zero attached hydrogens (tertiary/aromatic N) is 1. The standard InChI is InChI=1S/C17H25NO2/c1-11(2)18-16-14(12(3)9-17(18,4)5)7-13(10-19)8-15(16)20-6/h7-8,10-12H,9H2,1-6H3. The van der Waals surface area contributed by atoms with Gasteiger partial charge in [0.2, 0.25) is 0 Å². The van der Waals surface area contributed by atoms with Crippen LogP contribution in [0.4, 0.5) is 5.69 Å². The third-order valence-corrected chi connectivity index (χ3v) is 4.23. The molecule has 0 aliphatic carbocycles. The molecule has 0 radical (unpaired) electrons. The van der Waals surface area contributed by atoms with Crippen LogP contribution in [-0.2, 0) is 0 Å². The Hall–Kier alpha value is -1.51. The smallest absolute Gasteiger partial charge is 0.150 e. The molecule has 20 heavy (non-hydrogen) atoms. The minimum absolute atomic E-state index is 0.0799. The Morgan fingerprint density at radius 3 is 2.55 bits per heavy atom. The molecule has 0 saturated carbocycles. The van der Waals surface area contributed by atoms with Crippen LogP contribution in [0, 0.1) is 0 Å². The zero-order valence-electron chi connectivity index (χ0n) is 13.4. The third-order valence-electron chi connectivity index (χ3n) is 4.23. The number of fused-ring (bicyclic) bond motifs is 1. The highest BCUT2D eigenvalue weighted by Gasteiger charge is 2.39. The van der Waals surface area contributed by atoms with E-state index >= 15 is 0 Å². The SMILES string of the molecule is COc1cc(C=O)cc2c1N(C(C)C)C(C)(C)CC2C. The van der Waals surface area contributed by atoms with E-state index in [4.69, 9.17) is 4.74 Å². The number of methoxy groups -OCH3 is 1. The van der Waals surface area contributed by atoms with Gasteiger partial charge in [-0.1, -0.05) is 6.92 Å². The van der Waals surface area contributed by atoms with E-state index in [1.165, 1.54) is 5.56 Å². The van der Waals surface area contributed by atoms with Crippen molar-refractivity contribution in [3.8, 4) is 5.75 Å². The number of rotatable bonds is 3. The molecular weight excluding hydrogens is 250 g/mol. The molecule has 1 aromatic carbocycles. The average molecular weight is 275 g/mol. The lowest BCUT2D eigenvalue weighted by molar-refractivity contribution is 0.112. The maximum Gasteiger partial charge on any atom is 0.150 e. The monoisotopic (exact) mass is 275 g/mol. The molecule has 1 heterocycles. The van der Waals surface area contributed by atoms with E-state index in [9.17, 15) is 4.79 Å². The van der Waals surface area contributed by atoms with Crippen LogP contribution in [-0.4, -0.2) is 25.0 Å². The lowest BCUT2D eigenvalue weighted by atomic mass is 9.78. The van der Waals surface area contributed by atoms with Gasteiger partial charge in [0.25, 0.3) is 0 Å². The van der Waals surface area contributed by atoms with Gasteiger partial charge in [0.15, 0.2) is 0 Å². The summed E-state index contributed by atoms with van der Waals surface area (Å²) in [7, 11) is 1.68. The zero-order valence-corrected chi connectivity index (χ0v) is 13.4. The quantitative estimate of drug-likeness (QED) is 0.781. The molecule has 0 saturated heterocycles. The first kappa shape index (κ1) is 14.9. The van der Waals surface area contributed by atoms with Crippen LogP contribution in [0.2, 0.25) is 0 Å². The van der Waals surface area contributed by atoms with Gasteiger partial charge in [0, 0.05) is 17.1 Å². The number of carbonyl (C=O) groups excluding carboxylic acids is 1. The number of ether oxygens (including phenoxy) is 1. The molecule has 1 aromatic rings. The van der Waals surface area contributed by atoms with Gasteiger partial charge >= 0.3 is 0 Å². The minimum atomic E-state index is 0.0799. The van der Waals surface area contributed by atoms with Gasteiger partial charge in [0.1, 0.15) is 12.0 Å². The largest absolute Gasteiger partial charge is 0.495 e. The number of benzene rings is 1. The van der Waals surface area contributed by atoms with Gasteiger partial charge in [-0.25, -0.2) is 0 Å². The molecule has 3 nitrogen and oxygen atoms in total. The van der Waals surface area contributed by atoms with E-state index in [0.29, 0.717) is 17.5 Å². The zero-order chi connectivity index (χ0) is 15.1. The van der Waals surface area contributed by atoms with Crippen LogP contribution < -0.4 is 9.64 Å². The summed E-state index contributed by atoms with van der Waals surface area (Å²) in [6, 6.07) is 4.24. The Morgan fingerprint density at radius 1 is 1.40 bits per heavy atom. The van der Waals surface area contributed by atoms with Gasteiger partial charge in [0.05, 0.1) is 12.8 Å². The number of hydrogen-bond acceptors (Lipinski definition) is 3. The molecule has 2 rings (SSSR count). The van der Waals surface area contributed by atoms with Gasteiger partial charge in [-0.3, -0.25) is 4.79 Å². The number of anilines is 1. The summed E-state index contributed by atoms with van der Waals surface area (Å²) in [5, 5.41) is 0. The van der Waals surface area contributed by atoms with Crippen molar-refractivity contribution in [3.63, 3.8) is 0 Å². The predicted octanol–water partition coefficient (Wildman–Crippen LogP) is 4.01. The van der Waals surface area contributed by atoms with Crippen LogP contribution in [0.1, 0.15) is 62.9 Å². The fourth-order valence-electron chi connectivity index (χ4n) is 3.73. The highest BCUT2D eigenvalue weighted by atomic mass is 16.5. The summed E-state index contributed by atoms with van der Waals surface area (Å²) in [6.07, 6.45) is 1.97. The first-order valence-corrected chi connectivity index (χ1v) is 7.28. The first-order chi connectivity index (χ1) is 9.31. The molecule has 1 unspecified atom stereocenters. The van der Waals surface area contributed by atoms with Gasteiger partial charge in [-0.05, 0) is 57.7 Å². The van der Waals surface area contributed by atoms with Crippen molar-refractivity contribution < 1.29 is 9.53 Å². The summed E-state index contributed by atoms with van der Waals surface area (Å²) < 4.78 is 5.58. The predicted molar refractivity (Wildman–Crippen MR) is 83.1 cm³/mol. The highest BCUT2D eigenvalue weighted by Crippen LogP contribution is 2.49. The van der Waals surface area contributed by atoms with Crippen molar-refractivity contribution in [2.45, 2.75) is 58.5 Å². The van der Waals surface area contributed by atoms with Crippen LogP contribution in [0.15, 0.2) is 12.1 Å². The Kier molecular flexibility index (Phi) is 3.81. The second kappa shape index (κ2) is 5.12. The summed E-state index contributed by atoms with van der Waals surface area (Å²) in [5.41, 5.74) is 3.14. The van der Waals surface area contributed by atoms with Crippen molar-refractivity contribution in [2.24, 2.45) is 0 Å². The van der Waals surface area contributed by atoms with Crippen LogP contribution >= 0.6 is 0 Å². The van der Waals surface area contributed by atoms with Crippen LogP contribution in [0.3, 0.4) is 0 Å². The molecule has 110 valence electrons. The summed E-state index contributed by atoms with van der Waals surface area (Å²) >= 11 is 0. The topological polar surface area (TPSA) is 29.5 Å². The van der Waals surface area contributed by atoms with Crippen molar-refractivity contribution in [1.82, 2.24) is 0 Å². The molecule has 0 fully saturated rings. The van der Waals surface area contributed by atoms with Crippen molar-refractivity contribution in [2.75, 3.05) is 12.0 Å². The molecule has 1 atom stereocenters. The second-order valence-electron chi connectivity index (χ2n) is 6.66. The summed E-state index contributed by atoms with van der Waals surface area (Å²) in [6.45, 7) is 11.2. The second-order valence-corrected chi connectivity index (χ2v) is 6.66. The Bertz CT molecular complexity index is 520. The van der Waals surface area contributed by atoms with E-state index < -0.39 is 0 Å². The fourth-order valence-corrected chi connectivity index (χ4v) is 3.73. The highest BCUT2D eigenvalue weighted by molar-refractivity contribution is 5.81. The molecule has 0 amide bonds. The van der Waals surface area contributed by atoms with Gasteiger partial charge in [-0.2, -0.15) is 0 Å². The van der Waals surface area contributed by atoms with Crippen molar-refractivity contribution in [1.29, 1.82) is 0 Å². The minimum Gasteiger partial charge on any atom is -0.495 e. The molecule has 1 aliphatic rings. The molecular formula is C17H25NO2. The van der Waals surface area contributed by atoms with E-state index in [2.05, 4.69) is 39.5 Å². The Labute approximate surface area is 121 Å². The molecule has 0 spiro atoms. The van der Waals surface area contributed by atoms with Crippen molar-refractivity contribution in [3.05, 3.63) is 23.3 Å². The molecule has 0 bridgehead atoms. The molecule has 1 aliphatic heterocycles. The van der Waals surface area contributed by atoms with Crippen LogP contribution in [0.25, 0.3) is 0 Å². The Balaban J connectivity index is 2.72. The molecule has 0 aromatic heterocycles. The maximum atomic E-state index is 11.1. The first-order valence-electron chi connectivity index (χ1n) is 7.28. The summed E-state index contributed by atoms with van der Waals surface area (Å²) in [4.78, 5) is 13.6. The molecule has 3 heteroatoms. The van der Waals surface area contributed by atoms with Gasteiger partial charge < -0.3 is 9.64 Å². The van der Waals surface area contributed by atoms with Crippen molar-refractivity contribution >= 4 is 12.0 Å². The lowest BCUT2D eigenvalue weighted by Crippen LogP contribution is -2.52. The van der Waals surface area contributed by atoms with Crippen LogP contribution in [0.5, 0.6) is 5.75 Å².